The number of carbonyl (C=O) groups is 3. The van der Waals surface area contributed by atoms with Crippen LogP contribution in [0.5, 0.6) is 0 Å². The van der Waals surface area contributed by atoms with E-state index in [0.29, 0.717) is 5.69 Å². The summed E-state index contributed by atoms with van der Waals surface area (Å²) in [6, 6.07) is -0.851. The zero-order valence-electron chi connectivity index (χ0n) is 11.0. The molecule has 1 rings (SSSR count). The number of hydrogen-bond acceptors (Lipinski definition) is 6. The molecule has 0 aliphatic heterocycles. The van der Waals surface area contributed by atoms with Crippen molar-refractivity contribution in [3.63, 3.8) is 0 Å². The number of hydrogen-bond donors (Lipinski definition) is 4. The molecule has 1 atom stereocenters. The van der Waals surface area contributed by atoms with Crippen molar-refractivity contribution in [2.45, 2.75) is 12.5 Å². The lowest BCUT2D eigenvalue weighted by molar-refractivity contribution is -0.141. The fourth-order valence-electron chi connectivity index (χ4n) is 1.43. The van der Waals surface area contributed by atoms with Crippen LogP contribution in [0.15, 0.2) is 12.5 Å². The van der Waals surface area contributed by atoms with Gasteiger partial charge in [-0.1, -0.05) is 0 Å². The first kappa shape index (κ1) is 15.6. The molecule has 110 valence electrons. The van der Waals surface area contributed by atoms with Crippen LogP contribution in [0, 0.1) is 0 Å². The SMILES string of the molecule is COC(=O)CNC(=O)[C@H](Cc1cnc[nH]1)NC(=O)CN. The van der Waals surface area contributed by atoms with Gasteiger partial charge in [0, 0.05) is 18.3 Å². The molecule has 9 nitrogen and oxygen atoms in total. The van der Waals surface area contributed by atoms with Crippen molar-refractivity contribution in [3.05, 3.63) is 18.2 Å². The number of rotatable bonds is 7. The number of carbonyl (C=O) groups excluding carboxylic acids is 3. The topological polar surface area (TPSA) is 139 Å². The lowest BCUT2D eigenvalue weighted by Gasteiger charge is -2.17. The summed E-state index contributed by atoms with van der Waals surface area (Å²) < 4.78 is 4.41. The molecule has 0 fully saturated rings. The van der Waals surface area contributed by atoms with Gasteiger partial charge in [-0.05, 0) is 0 Å². The normalized spacial score (nSPS) is 11.5. The summed E-state index contributed by atoms with van der Waals surface area (Å²) in [4.78, 5) is 40.9. The maximum Gasteiger partial charge on any atom is 0.325 e. The van der Waals surface area contributed by atoms with E-state index in [4.69, 9.17) is 5.73 Å². The number of amides is 2. The highest BCUT2D eigenvalue weighted by atomic mass is 16.5. The molecule has 0 aliphatic carbocycles. The molecule has 20 heavy (non-hydrogen) atoms. The number of ether oxygens (including phenoxy) is 1. The maximum atomic E-state index is 11.9. The lowest BCUT2D eigenvalue weighted by Crippen LogP contribution is -2.50. The van der Waals surface area contributed by atoms with Crippen LogP contribution < -0.4 is 16.4 Å². The second-order valence-electron chi connectivity index (χ2n) is 3.90. The van der Waals surface area contributed by atoms with Gasteiger partial charge in [0.15, 0.2) is 0 Å². The second kappa shape index (κ2) is 7.89. The molecular formula is C11H17N5O4. The van der Waals surface area contributed by atoms with E-state index in [9.17, 15) is 14.4 Å². The Kier molecular flexibility index (Phi) is 6.17. The molecule has 5 N–H and O–H groups in total. The molecule has 1 aromatic heterocycles. The highest BCUT2D eigenvalue weighted by molar-refractivity contribution is 5.90. The third kappa shape index (κ3) is 5.06. The first-order chi connectivity index (χ1) is 9.56. The number of nitrogens with one attached hydrogen (secondary N) is 3. The smallest absolute Gasteiger partial charge is 0.325 e. The Hall–Kier alpha value is -2.42. The van der Waals surface area contributed by atoms with Crippen molar-refractivity contribution < 1.29 is 19.1 Å². The predicted octanol–water partition coefficient (Wildman–Crippen LogP) is -2.32. The lowest BCUT2D eigenvalue weighted by atomic mass is 10.1. The first-order valence-corrected chi connectivity index (χ1v) is 5.88. The number of nitrogens with two attached hydrogens (primary N) is 1. The van der Waals surface area contributed by atoms with Crippen LogP contribution >= 0.6 is 0 Å². The van der Waals surface area contributed by atoms with Gasteiger partial charge < -0.3 is 26.1 Å². The summed E-state index contributed by atoms with van der Waals surface area (Å²) in [5.41, 5.74) is 5.87. The van der Waals surface area contributed by atoms with Crippen molar-refractivity contribution in [1.29, 1.82) is 0 Å². The molecule has 1 aromatic rings. The van der Waals surface area contributed by atoms with E-state index in [1.165, 1.54) is 19.6 Å². The number of nitrogens with zero attached hydrogens (tertiary/aromatic N) is 1. The second-order valence-corrected chi connectivity index (χ2v) is 3.90. The van der Waals surface area contributed by atoms with Crippen molar-refractivity contribution in [2.24, 2.45) is 5.73 Å². The molecule has 2 amide bonds. The molecular weight excluding hydrogens is 266 g/mol. The van der Waals surface area contributed by atoms with Crippen LogP contribution in [0.2, 0.25) is 0 Å². The Labute approximate surface area is 115 Å². The van der Waals surface area contributed by atoms with Crippen molar-refractivity contribution >= 4 is 17.8 Å². The third-order valence-electron chi connectivity index (χ3n) is 2.45. The molecule has 1 heterocycles. The fraction of sp³-hybridized carbons (Fsp3) is 0.455. The average Bonchev–Trinajstić information content (AvgIpc) is 2.96. The Morgan fingerprint density at radius 2 is 2.25 bits per heavy atom. The zero-order valence-corrected chi connectivity index (χ0v) is 11.0. The Bertz CT molecular complexity index is 459. The summed E-state index contributed by atoms with van der Waals surface area (Å²) in [6.07, 6.45) is 3.21. The predicted molar refractivity (Wildman–Crippen MR) is 68.3 cm³/mol. The molecule has 0 saturated heterocycles. The summed E-state index contributed by atoms with van der Waals surface area (Å²) in [5.74, 6) is -1.56. The number of H-pyrrole nitrogens is 1. The monoisotopic (exact) mass is 283 g/mol. The highest BCUT2D eigenvalue weighted by Gasteiger charge is 2.21. The minimum atomic E-state index is -0.851. The Morgan fingerprint density at radius 3 is 2.80 bits per heavy atom. The van der Waals surface area contributed by atoms with Crippen molar-refractivity contribution in [3.8, 4) is 0 Å². The van der Waals surface area contributed by atoms with Crippen LogP contribution in [0.4, 0.5) is 0 Å². The standard InChI is InChI=1S/C11H17N5O4/c1-20-10(18)5-14-11(19)8(16-9(17)3-12)2-7-4-13-6-15-7/h4,6,8H,2-3,5,12H2,1H3,(H,13,15)(H,14,19)(H,16,17)/t8-/m0/s1. The van der Waals surface area contributed by atoms with Crippen molar-refractivity contribution in [2.75, 3.05) is 20.2 Å². The third-order valence-corrected chi connectivity index (χ3v) is 2.45. The number of esters is 1. The van der Waals surface area contributed by atoms with Gasteiger partial charge in [-0.3, -0.25) is 14.4 Å². The molecule has 0 bridgehead atoms. The van der Waals surface area contributed by atoms with E-state index >= 15 is 0 Å². The van der Waals surface area contributed by atoms with E-state index < -0.39 is 23.8 Å². The molecule has 0 spiro atoms. The van der Waals surface area contributed by atoms with E-state index in [0.717, 1.165) is 0 Å². The number of methoxy groups -OCH3 is 1. The van der Waals surface area contributed by atoms with Gasteiger partial charge >= 0.3 is 5.97 Å². The summed E-state index contributed by atoms with van der Waals surface area (Å²) in [7, 11) is 1.22. The van der Waals surface area contributed by atoms with Crippen molar-refractivity contribution in [1.82, 2.24) is 20.6 Å². The Balaban J connectivity index is 2.63. The zero-order chi connectivity index (χ0) is 15.0. The van der Waals surface area contributed by atoms with Gasteiger partial charge in [-0.15, -0.1) is 0 Å². The maximum absolute atomic E-state index is 11.9. The summed E-state index contributed by atoms with van der Waals surface area (Å²) >= 11 is 0. The molecule has 0 aromatic carbocycles. The van der Waals surface area contributed by atoms with E-state index in [2.05, 4.69) is 25.3 Å². The van der Waals surface area contributed by atoms with E-state index in [-0.39, 0.29) is 19.5 Å². The van der Waals surface area contributed by atoms with Gasteiger partial charge in [0.2, 0.25) is 11.8 Å². The Morgan fingerprint density at radius 1 is 1.50 bits per heavy atom. The molecule has 0 saturated carbocycles. The van der Waals surface area contributed by atoms with Crippen LogP contribution in [0.25, 0.3) is 0 Å². The number of imidazole rings is 1. The summed E-state index contributed by atoms with van der Waals surface area (Å²) in [5, 5.41) is 4.84. The van der Waals surface area contributed by atoms with Crippen LogP contribution in [0.3, 0.4) is 0 Å². The van der Waals surface area contributed by atoms with Gasteiger partial charge in [-0.2, -0.15) is 0 Å². The van der Waals surface area contributed by atoms with Gasteiger partial charge in [0.1, 0.15) is 12.6 Å². The molecule has 0 aliphatic rings. The van der Waals surface area contributed by atoms with E-state index in [1.807, 2.05) is 0 Å². The quantitative estimate of drug-likeness (QED) is 0.414. The van der Waals surface area contributed by atoms with Crippen LogP contribution in [-0.2, 0) is 25.5 Å². The van der Waals surface area contributed by atoms with E-state index in [1.54, 1.807) is 0 Å². The minimum absolute atomic E-state index is 0.207. The van der Waals surface area contributed by atoms with Gasteiger partial charge in [0.05, 0.1) is 20.0 Å². The van der Waals surface area contributed by atoms with Gasteiger partial charge in [-0.25, -0.2) is 4.98 Å². The molecule has 0 radical (unpaired) electrons. The number of aromatic amines is 1. The van der Waals surface area contributed by atoms with Gasteiger partial charge in [0.25, 0.3) is 0 Å². The average molecular weight is 283 g/mol. The van der Waals surface area contributed by atoms with Crippen LogP contribution in [-0.4, -0.2) is 54.0 Å². The largest absolute Gasteiger partial charge is 0.468 e. The molecule has 0 unspecified atom stereocenters. The fourth-order valence-corrected chi connectivity index (χ4v) is 1.43. The number of aromatic nitrogens is 2. The first-order valence-electron chi connectivity index (χ1n) is 5.88. The summed E-state index contributed by atoms with van der Waals surface area (Å²) in [6.45, 7) is -0.503. The van der Waals surface area contributed by atoms with Crippen LogP contribution in [0.1, 0.15) is 5.69 Å². The molecule has 9 heteroatoms. The highest BCUT2D eigenvalue weighted by Crippen LogP contribution is 1.99. The minimum Gasteiger partial charge on any atom is -0.468 e.